The molecule has 0 aliphatic heterocycles. The lowest BCUT2D eigenvalue weighted by Gasteiger charge is -2.06. The molecule has 0 fully saturated rings. The van der Waals surface area contributed by atoms with Gasteiger partial charge in [0.25, 0.3) is 5.91 Å². The molecule has 0 saturated heterocycles. The van der Waals surface area contributed by atoms with E-state index in [1.807, 2.05) is 31.3 Å². The number of benzene rings is 2. The highest BCUT2D eigenvalue weighted by atomic mass is 32.2. The molecule has 4 rings (SSSR count). The van der Waals surface area contributed by atoms with Crippen LogP contribution in [0, 0.1) is 5.82 Å². The summed E-state index contributed by atoms with van der Waals surface area (Å²) in [7, 11) is 1.86. The smallest absolute Gasteiger partial charge is 0.257 e. The van der Waals surface area contributed by atoms with Crippen LogP contribution in [-0.2, 0) is 12.8 Å². The highest BCUT2D eigenvalue weighted by Gasteiger charge is 2.08. The first-order chi connectivity index (χ1) is 13.6. The van der Waals surface area contributed by atoms with Crippen molar-refractivity contribution in [2.45, 2.75) is 10.8 Å². The summed E-state index contributed by atoms with van der Waals surface area (Å²) >= 11 is 1.58. The minimum absolute atomic E-state index is 0.288. The van der Waals surface area contributed by atoms with Gasteiger partial charge in [0.15, 0.2) is 0 Å². The Labute approximate surface area is 164 Å². The van der Waals surface area contributed by atoms with Crippen LogP contribution in [0.3, 0.4) is 0 Å². The zero-order valence-corrected chi connectivity index (χ0v) is 15.8. The molecule has 0 unspecified atom stereocenters. The average molecular weight is 393 g/mol. The van der Waals surface area contributed by atoms with Crippen LogP contribution < -0.4 is 5.32 Å². The quantitative estimate of drug-likeness (QED) is 0.518. The van der Waals surface area contributed by atoms with Gasteiger partial charge in [0.1, 0.15) is 11.3 Å². The number of hydrogen-bond acceptors (Lipinski definition) is 5. The van der Waals surface area contributed by atoms with Gasteiger partial charge in [-0.25, -0.2) is 14.1 Å². The molecule has 28 heavy (non-hydrogen) atoms. The van der Waals surface area contributed by atoms with E-state index >= 15 is 0 Å². The van der Waals surface area contributed by atoms with E-state index in [1.165, 1.54) is 30.5 Å². The van der Waals surface area contributed by atoms with Gasteiger partial charge in [-0.15, -0.1) is 16.9 Å². The lowest BCUT2D eigenvalue weighted by molar-refractivity contribution is 0.102. The molecule has 0 radical (unpaired) electrons. The Morgan fingerprint density at radius 1 is 1.14 bits per heavy atom. The molecule has 2 aromatic heterocycles. The van der Waals surface area contributed by atoms with Crippen molar-refractivity contribution < 1.29 is 9.18 Å². The number of anilines is 1. The zero-order chi connectivity index (χ0) is 19.5. The maximum Gasteiger partial charge on any atom is 0.257 e. The number of rotatable bonds is 5. The van der Waals surface area contributed by atoms with Crippen LogP contribution in [0.2, 0.25) is 0 Å². The number of fused-ring (bicyclic) bond motifs is 1. The van der Waals surface area contributed by atoms with Gasteiger partial charge in [-0.3, -0.25) is 4.79 Å². The molecule has 140 valence electrons. The second-order valence-corrected chi connectivity index (χ2v) is 7.17. The highest BCUT2D eigenvalue weighted by Crippen LogP contribution is 2.23. The Kier molecular flexibility index (Phi) is 5.03. The van der Waals surface area contributed by atoms with Crippen LogP contribution >= 0.6 is 11.8 Å². The van der Waals surface area contributed by atoms with Crippen molar-refractivity contribution in [2.24, 2.45) is 7.05 Å². The van der Waals surface area contributed by atoms with Crippen molar-refractivity contribution >= 4 is 34.4 Å². The van der Waals surface area contributed by atoms with Crippen molar-refractivity contribution in [2.75, 3.05) is 5.32 Å². The van der Waals surface area contributed by atoms with E-state index in [2.05, 4.69) is 20.6 Å². The summed E-state index contributed by atoms with van der Waals surface area (Å²) in [6, 6.07) is 15.2. The molecule has 0 aliphatic carbocycles. The summed E-state index contributed by atoms with van der Waals surface area (Å²) in [6.07, 6.45) is 1.53. The van der Waals surface area contributed by atoms with Crippen LogP contribution in [-0.4, -0.2) is 25.9 Å². The summed E-state index contributed by atoms with van der Waals surface area (Å²) in [5.74, 6) is 0.101. The molecular formula is C20H16FN5OS. The number of carbonyl (C=O) groups is 1. The summed E-state index contributed by atoms with van der Waals surface area (Å²) in [5.41, 5.74) is 3.95. The third-order valence-corrected chi connectivity index (χ3v) is 5.18. The van der Waals surface area contributed by atoms with Gasteiger partial charge in [-0.05, 0) is 54.1 Å². The van der Waals surface area contributed by atoms with E-state index in [0.717, 1.165) is 27.4 Å². The maximum atomic E-state index is 12.9. The number of pyridine rings is 1. The number of aromatic nitrogens is 4. The van der Waals surface area contributed by atoms with E-state index in [1.54, 1.807) is 22.5 Å². The Balaban J connectivity index is 1.38. The fourth-order valence-electron chi connectivity index (χ4n) is 2.67. The minimum Gasteiger partial charge on any atom is -0.322 e. The minimum atomic E-state index is -0.348. The molecule has 4 aromatic rings. The van der Waals surface area contributed by atoms with Gasteiger partial charge in [-0.2, -0.15) is 0 Å². The van der Waals surface area contributed by atoms with Gasteiger partial charge in [0.2, 0.25) is 0 Å². The van der Waals surface area contributed by atoms with Gasteiger partial charge >= 0.3 is 0 Å². The number of carbonyl (C=O) groups excluding carboxylic acids is 1. The van der Waals surface area contributed by atoms with Gasteiger partial charge < -0.3 is 5.32 Å². The van der Waals surface area contributed by atoms with Crippen molar-refractivity contribution in [1.82, 2.24) is 20.0 Å². The van der Waals surface area contributed by atoms with Gasteiger partial charge in [0.05, 0.1) is 16.1 Å². The number of nitrogens with one attached hydrogen (secondary N) is 1. The maximum absolute atomic E-state index is 12.9. The first-order valence-electron chi connectivity index (χ1n) is 8.52. The Bertz CT molecular complexity index is 1130. The van der Waals surface area contributed by atoms with Crippen LogP contribution in [0.1, 0.15) is 15.9 Å². The number of thioether (sulfide) groups is 1. The predicted octanol–water partition coefficient (Wildman–Crippen LogP) is 4.05. The van der Waals surface area contributed by atoms with Crippen molar-refractivity contribution in [1.29, 1.82) is 0 Å². The van der Waals surface area contributed by atoms with Gasteiger partial charge in [0, 0.05) is 24.7 Å². The van der Waals surface area contributed by atoms with E-state index in [4.69, 9.17) is 0 Å². The lowest BCUT2D eigenvalue weighted by atomic mass is 10.2. The molecule has 0 bridgehead atoms. The van der Waals surface area contributed by atoms with E-state index in [9.17, 15) is 9.18 Å². The predicted molar refractivity (Wildman–Crippen MR) is 107 cm³/mol. The molecule has 0 aliphatic rings. The van der Waals surface area contributed by atoms with E-state index < -0.39 is 0 Å². The van der Waals surface area contributed by atoms with Gasteiger partial charge in [-0.1, -0.05) is 11.3 Å². The lowest BCUT2D eigenvalue weighted by Crippen LogP contribution is -2.12. The second-order valence-electron chi connectivity index (χ2n) is 6.17. The summed E-state index contributed by atoms with van der Waals surface area (Å²) < 4.78 is 14.7. The molecule has 6 nitrogen and oxygen atoms in total. The topological polar surface area (TPSA) is 72.7 Å². The largest absolute Gasteiger partial charge is 0.322 e. The first-order valence-corrected chi connectivity index (χ1v) is 9.51. The molecule has 0 spiro atoms. The summed E-state index contributed by atoms with van der Waals surface area (Å²) in [5, 5.41) is 11.7. The molecule has 1 N–H and O–H groups in total. The molecule has 0 saturated carbocycles. The number of nitrogens with zero attached hydrogens (tertiary/aromatic N) is 4. The third kappa shape index (κ3) is 4.01. The van der Waals surface area contributed by atoms with Crippen LogP contribution in [0.5, 0.6) is 0 Å². The third-order valence-electron chi connectivity index (χ3n) is 4.16. The highest BCUT2D eigenvalue weighted by molar-refractivity contribution is 7.98. The number of aryl methyl sites for hydroxylation is 1. The van der Waals surface area contributed by atoms with Crippen molar-refractivity contribution in [3.8, 4) is 0 Å². The van der Waals surface area contributed by atoms with E-state index in [-0.39, 0.29) is 11.7 Å². The van der Waals surface area contributed by atoms with Crippen LogP contribution in [0.15, 0.2) is 65.8 Å². The standard InChI is InChI=1S/C20H16FN5OS/c1-26-18-8-2-13(10-17(18)24-25-26)12-28-19-9-3-14(11-22-19)20(27)23-16-6-4-15(21)5-7-16/h2-11H,12H2,1H3,(H,23,27). The average Bonchev–Trinajstić information content (AvgIpc) is 3.09. The van der Waals surface area contributed by atoms with Crippen molar-refractivity contribution in [3.05, 3.63) is 77.7 Å². The zero-order valence-electron chi connectivity index (χ0n) is 15.0. The second kappa shape index (κ2) is 7.77. The molecule has 8 heteroatoms. The Morgan fingerprint density at radius 3 is 2.71 bits per heavy atom. The van der Waals surface area contributed by atoms with Crippen LogP contribution in [0.25, 0.3) is 11.0 Å². The Morgan fingerprint density at radius 2 is 1.96 bits per heavy atom. The molecule has 2 aromatic carbocycles. The molecular weight excluding hydrogens is 377 g/mol. The number of hydrogen-bond donors (Lipinski definition) is 1. The molecule has 0 atom stereocenters. The first kappa shape index (κ1) is 18.1. The normalized spacial score (nSPS) is 10.9. The SMILES string of the molecule is Cn1nnc2cc(CSc3ccc(C(=O)Nc4ccc(F)cc4)cn3)ccc21. The fourth-order valence-corrected chi connectivity index (χ4v) is 3.46. The van der Waals surface area contributed by atoms with Crippen molar-refractivity contribution in [3.63, 3.8) is 0 Å². The Hall–Kier alpha value is -3.26. The van der Waals surface area contributed by atoms with Crippen LogP contribution in [0.4, 0.5) is 10.1 Å². The number of halogens is 1. The summed E-state index contributed by atoms with van der Waals surface area (Å²) in [4.78, 5) is 16.6. The monoisotopic (exact) mass is 393 g/mol. The number of amides is 1. The molecule has 1 amide bonds. The summed E-state index contributed by atoms with van der Waals surface area (Å²) in [6.45, 7) is 0. The molecule has 2 heterocycles. The van der Waals surface area contributed by atoms with E-state index in [0.29, 0.717) is 11.3 Å². The fraction of sp³-hybridized carbons (Fsp3) is 0.100.